The first-order chi connectivity index (χ1) is 12.6. The van der Waals surface area contributed by atoms with Gasteiger partial charge >= 0.3 is 0 Å². The molecule has 0 aromatic heterocycles. The Balaban J connectivity index is 1.50. The van der Waals surface area contributed by atoms with Crippen molar-refractivity contribution >= 4 is 23.4 Å². The van der Waals surface area contributed by atoms with Gasteiger partial charge in [0.15, 0.2) is 0 Å². The maximum Gasteiger partial charge on any atom is 0.253 e. The highest BCUT2D eigenvalue weighted by Gasteiger charge is 2.31. The summed E-state index contributed by atoms with van der Waals surface area (Å²) in [6.07, 6.45) is 4.92. The molecule has 1 aliphatic heterocycles. The molecule has 1 aliphatic carbocycles. The number of carbonyl (C=O) groups is 3. The lowest BCUT2D eigenvalue weighted by Gasteiger charge is -2.31. The molecule has 2 aliphatic rings. The van der Waals surface area contributed by atoms with E-state index in [1.165, 1.54) is 0 Å². The van der Waals surface area contributed by atoms with E-state index < -0.39 is 0 Å². The number of likely N-dealkylation sites (tertiary alicyclic amines) is 1. The standard InChI is InChI=1S/C20H27N3O3/c1-2-3-18(24)21-16-6-4-15(5-7-16)20(26)23-12-10-14(11-13-23)19(25)22-17-8-9-17/h4-7,14,17H,2-3,8-13H2,1H3,(H,21,24)(H,22,25). The summed E-state index contributed by atoms with van der Waals surface area (Å²) in [4.78, 5) is 38.2. The Morgan fingerprint density at radius 2 is 1.69 bits per heavy atom. The van der Waals surface area contributed by atoms with Crippen molar-refractivity contribution in [3.63, 3.8) is 0 Å². The smallest absolute Gasteiger partial charge is 0.253 e. The molecule has 140 valence electrons. The van der Waals surface area contributed by atoms with Crippen LogP contribution in [0, 0.1) is 5.92 Å². The lowest BCUT2D eigenvalue weighted by Crippen LogP contribution is -2.43. The van der Waals surface area contributed by atoms with Crippen LogP contribution in [0.1, 0.15) is 55.8 Å². The van der Waals surface area contributed by atoms with E-state index in [2.05, 4.69) is 10.6 Å². The van der Waals surface area contributed by atoms with Crippen LogP contribution in [0.2, 0.25) is 0 Å². The topological polar surface area (TPSA) is 78.5 Å². The Bertz CT molecular complexity index is 659. The van der Waals surface area contributed by atoms with Crippen LogP contribution in [-0.2, 0) is 9.59 Å². The van der Waals surface area contributed by atoms with Gasteiger partial charge in [0.05, 0.1) is 0 Å². The van der Waals surface area contributed by atoms with Crippen LogP contribution in [0.25, 0.3) is 0 Å². The minimum absolute atomic E-state index is 0.0156. The average Bonchev–Trinajstić information content (AvgIpc) is 3.46. The Kier molecular flexibility index (Phi) is 5.91. The largest absolute Gasteiger partial charge is 0.353 e. The first-order valence-corrected chi connectivity index (χ1v) is 9.56. The molecule has 26 heavy (non-hydrogen) atoms. The van der Waals surface area contributed by atoms with Crippen LogP contribution < -0.4 is 10.6 Å². The Labute approximate surface area is 154 Å². The number of nitrogens with one attached hydrogen (secondary N) is 2. The van der Waals surface area contributed by atoms with Crippen molar-refractivity contribution in [2.45, 2.75) is 51.5 Å². The van der Waals surface area contributed by atoms with E-state index in [-0.39, 0.29) is 23.6 Å². The zero-order valence-electron chi connectivity index (χ0n) is 15.3. The zero-order chi connectivity index (χ0) is 18.5. The molecule has 0 radical (unpaired) electrons. The number of carbonyl (C=O) groups excluding carboxylic acids is 3. The number of piperidine rings is 1. The predicted octanol–water partition coefficient (Wildman–Crippen LogP) is 2.56. The Hall–Kier alpha value is -2.37. The maximum atomic E-state index is 12.6. The van der Waals surface area contributed by atoms with Crippen LogP contribution in [0.3, 0.4) is 0 Å². The summed E-state index contributed by atoms with van der Waals surface area (Å²) in [7, 11) is 0. The summed E-state index contributed by atoms with van der Waals surface area (Å²) >= 11 is 0. The second-order valence-corrected chi connectivity index (χ2v) is 7.22. The van der Waals surface area contributed by atoms with Gasteiger partial charge in [-0.3, -0.25) is 14.4 Å². The van der Waals surface area contributed by atoms with Gasteiger partial charge in [-0.2, -0.15) is 0 Å². The summed E-state index contributed by atoms with van der Waals surface area (Å²) < 4.78 is 0. The zero-order valence-corrected chi connectivity index (χ0v) is 15.3. The fraction of sp³-hybridized carbons (Fsp3) is 0.550. The van der Waals surface area contributed by atoms with Crippen molar-refractivity contribution in [1.29, 1.82) is 0 Å². The van der Waals surface area contributed by atoms with Crippen LogP contribution in [-0.4, -0.2) is 41.8 Å². The quantitative estimate of drug-likeness (QED) is 0.821. The normalized spacial score (nSPS) is 17.7. The highest BCUT2D eigenvalue weighted by molar-refractivity contribution is 5.96. The summed E-state index contributed by atoms with van der Waals surface area (Å²) in [6, 6.07) is 7.40. The highest BCUT2D eigenvalue weighted by Crippen LogP contribution is 2.23. The van der Waals surface area contributed by atoms with Crippen molar-refractivity contribution in [1.82, 2.24) is 10.2 Å². The van der Waals surface area contributed by atoms with Gasteiger partial charge in [-0.1, -0.05) is 6.92 Å². The van der Waals surface area contributed by atoms with E-state index in [9.17, 15) is 14.4 Å². The molecule has 2 fully saturated rings. The fourth-order valence-corrected chi connectivity index (χ4v) is 3.22. The Morgan fingerprint density at radius 3 is 2.27 bits per heavy atom. The van der Waals surface area contributed by atoms with E-state index in [1.807, 2.05) is 11.8 Å². The molecule has 3 amide bonds. The SMILES string of the molecule is CCCC(=O)Nc1ccc(C(=O)N2CCC(C(=O)NC3CC3)CC2)cc1. The van der Waals surface area contributed by atoms with E-state index in [0.717, 1.165) is 32.1 Å². The number of amides is 3. The third-order valence-corrected chi connectivity index (χ3v) is 4.97. The lowest BCUT2D eigenvalue weighted by molar-refractivity contribution is -0.126. The second kappa shape index (κ2) is 8.34. The highest BCUT2D eigenvalue weighted by atomic mass is 16.2. The Morgan fingerprint density at radius 1 is 1.04 bits per heavy atom. The molecule has 6 heteroatoms. The molecule has 0 bridgehead atoms. The van der Waals surface area contributed by atoms with Crippen LogP contribution in [0.4, 0.5) is 5.69 Å². The van der Waals surface area contributed by atoms with Gasteiger partial charge in [-0.05, 0) is 56.4 Å². The number of benzene rings is 1. The summed E-state index contributed by atoms with van der Waals surface area (Å²) in [5.74, 6) is 0.137. The third-order valence-electron chi connectivity index (χ3n) is 4.97. The molecule has 0 unspecified atom stereocenters. The molecule has 1 saturated heterocycles. The molecular formula is C20H27N3O3. The first kappa shape index (κ1) is 18.4. The molecule has 2 N–H and O–H groups in total. The van der Waals surface area contributed by atoms with Crippen molar-refractivity contribution in [2.24, 2.45) is 5.92 Å². The van der Waals surface area contributed by atoms with Gasteiger partial charge in [0.2, 0.25) is 11.8 Å². The average molecular weight is 357 g/mol. The van der Waals surface area contributed by atoms with Crippen molar-refractivity contribution < 1.29 is 14.4 Å². The van der Waals surface area contributed by atoms with Gasteiger partial charge in [-0.25, -0.2) is 0 Å². The van der Waals surface area contributed by atoms with Gasteiger partial charge in [0.1, 0.15) is 0 Å². The number of nitrogens with zero attached hydrogens (tertiary/aromatic N) is 1. The van der Waals surface area contributed by atoms with E-state index in [4.69, 9.17) is 0 Å². The first-order valence-electron chi connectivity index (χ1n) is 9.56. The predicted molar refractivity (Wildman–Crippen MR) is 99.8 cm³/mol. The molecule has 1 saturated carbocycles. The van der Waals surface area contributed by atoms with Crippen molar-refractivity contribution in [3.05, 3.63) is 29.8 Å². The van der Waals surface area contributed by atoms with Crippen LogP contribution in [0.5, 0.6) is 0 Å². The van der Waals surface area contributed by atoms with Gasteiger partial charge in [-0.15, -0.1) is 0 Å². The second-order valence-electron chi connectivity index (χ2n) is 7.22. The minimum Gasteiger partial charge on any atom is -0.353 e. The molecule has 1 aromatic rings. The van der Waals surface area contributed by atoms with Crippen LogP contribution in [0.15, 0.2) is 24.3 Å². The van der Waals surface area contributed by atoms with Gasteiger partial charge < -0.3 is 15.5 Å². The third kappa shape index (κ3) is 4.84. The van der Waals surface area contributed by atoms with Crippen molar-refractivity contribution in [2.75, 3.05) is 18.4 Å². The van der Waals surface area contributed by atoms with E-state index in [0.29, 0.717) is 36.8 Å². The van der Waals surface area contributed by atoms with Gasteiger partial charge in [0.25, 0.3) is 5.91 Å². The molecule has 1 heterocycles. The summed E-state index contributed by atoms with van der Waals surface area (Å²) in [6.45, 7) is 3.17. The fourth-order valence-electron chi connectivity index (χ4n) is 3.22. The minimum atomic E-state index is -0.0162. The number of hydrogen-bond donors (Lipinski definition) is 2. The molecule has 0 atom stereocenters. The number of rotatable bonds is 6. The van der Waals surface area contributed by atoms with E-state index in [1.54, 1.807) is 24.3 Å². The van der Waals surface area contributed by atoms with Gasteiger partial charge in [0, 0.05) is 42.7 Å². The van der Waals surface area contributed by atoms with Crippen LogP contribution >= 0.6 is 0 Å². The molecule has 3 rings (SSSR count). The van der Waals surface area contributed by atoms with E-state index >= 15 is 0 Å². The summed E-state index contributed by atoms with van der Waals surface area (Å²) in [5.41, 5.74) is 1.31. The maximum absolute atomic E-state index is 12.6. The summed E-state index contributed by atoms with van der Waals surface area (Å²) in [5, 5.41) is 5.87. The number of anilines is 1. The molecule has 1 aromatic carbocycles. The monoisotopic (exact) mass is 357 g/mol. The number of hydrogen-bond acceptors (Lipinski definition) is 3. The molecular weight excluding hydrogens is 330 g/mol. The van der Waals surface area contributed by atoms with Crippen molar-refractivity contribution in [3.8, 4) is 0 Å². The lowest BCUT2D eigenvalue weighted by atomic mass is 9.95. The molecule has 0 spiro atoms. The molecule has 6 nitrogen and oxygen atoms in total.